The first-order valence-corrected chi connectivity index (χ1v) is 7.46. The molecule has 0 bridgehead atoms. The van der Waals surface area contributed by atoms with Crippen LogP contribution in [-0.4, -0.2) is 57.6 Å². The Morgan fingerprint density at radius 1 is 1.19 bits per heavy atom. The summed E-state index contributed by atoms with van der Waals surface area (Å²) in [4.78, 5) is 2.36. The Morgan fingerprint density at radius 2 is 1.90 bits per heavy atom. The van der Waals surface area contributed by atoms with Crippen LogP contribution in [0.1, 0.15) is 12.0 Å². The molecule has 2 rings (SSSR count). The van der Waals surface area contributed by atoms with Crippen LogP contribution >= 0.6 is 0 Å². The quantitative estimate of drug-likeness (QED) is 0.732. The molecule has 0 amide bonds. The van der Waals surface area contributed by atoms with Crippen molar-refractivity contribution in [2.45, 2.75) is 25.2 Å². The molecule has 0 radical (unpaired) electrons. The minimum Gasteiger partial charge on any atom is -0.494 e. The zero-order valence-corrected chi connectivity index (χ0v) is 13.0. The van der Waals surface area contributed by atoms with Crippen LogP contribution in [0.15, 0.2) is 24.3 Å². The van der Waals surface area contributed by atoms with E-state index < -0.39 is 0 Å². The number of nitrogens with two attached hydrogens (primary N) is 1. The van der Waals surface area contributed by atoms with Crippen LogP contribution in [0.25, 0.3) is 0 Å². The largest absolute Gasteiger partial charge is 0.494 e. The second kappa shape index (κ2) is 8.34. The number of rotatable bonds is 8. The summed E-state index contributed by atoms with van der Waals surface area (Å²) in [6.07, 6.45) is 1.34. The van der Waals surface area contributed by atoms with E-state index in [1.807, 2.05) is 24.3 Å². The Balaban J connectivity index is 1.68. The van der Waals surface area contributed by atoms with Gasteiger partial charge in [0.15, 0.2) is 0 Å². The molecular formula is C16H26N2O3. The van der Waals surface area contributed by atoms with Gasteiger partial charge >= 0.3 is 0 Å². The Morgan fingerprint density at radius 3 is 2.52 bits per heavy atom. The second-order valence-electron chi connectivity index (χ2n) is 5.36. The normalized spacial score (nSPS) is 22.6. The van der Waals surface area contributed by atoms with Gasteiger partial charge in [-0.3, -0.25) is 4.90 Å². The third-order valence-electron chi connectivity index (χ3n) is 3.92. The Bertz CT molecular complexity index is 416. The van der Waals surface area contributed by atoms with Crippen LogP contribution in [0.2, 0.25) is 0 Å². The van der Waals surface area contributed by atoms with E-state index in [9.17, 15) is 0 Å². The molecule has 2 N–H and O–H groups in total. The molecule has 21 heavy (non-hydrogen) atoms. The van der Waals surface area contributed by atoms with Crippen molar-refractivity contribution in [1.82, 2.24) is 4.90 Å². The number of likely N-dealkylation sites (tertiary alicyclic amines) is 1. The lowest BCUT2D eigenvalue weighted by Gasteiger charge is -2.15. The summed E-state index contributed by atoms with van der Waals surface area (Å²) in [6, 6.07) is 7.95. The van der Waals surface area contributed by atoms with Crippen molar-refractivity contribution in [3.63, 3.8) is 0 Å². The lowest BCUT2D eigenvalue weighted by molar-refractivity contribution is -0.00461. The highest BCUT2D eigenvalue weighted by Gasteiger charge is 2.32. The van der Waals surface area contributed by atoms with Gasteiger partial charge in [-0.05, 0) is 24.1 Å². The molecule has 1 heterocycles. The molecule has 0 aromatic heterocycles. The topological polar surface area (TPSA) is 57.0 Å². The fourth-order valence-electron chi connectivity index (χ4n) is 2.69. The zero-order chi connectivity index (χ0) is 15.1. The molecule has 5 heteroatoms. The SMILES string of the molecule is COC1CN(CCCOc2cccc(CN)c2)CC1OC. The van der Waals surface area contributed by atoms with E-state index >= 15 is 0 Å². The smallest absolute Gasteiger partial charge is 0.119 e. The highest BCUT2D eigenvalue weighted by atomic mass is 16.5. The summed E-state index contributed by atoms with van der Waals surface area (Å²) in [5.41, 5.74) is 6.72. The Hall–Kier alpha value is -1.14. The minimum absolute atomic E-state index is 0.178. The summed E-state index contributed by atoms with van der Waals surface area (Å²) >= 11 is 0. The molecule has 1 aromatic rings. The van der Waals surface area contributed by atoms with Crippen molar-refractivity contribution in [3.05, 3.63) is 29.8 Å². The van der Waals surface area contributed by atoms with Crippen LogP contribution in [-0.2, 0) is 16.0 Å². The van der Waals surface area contributed by atoms with Gasteiger partial charge in [0.1, 0.15) is 5.75 Å². The summed E-state index contributed by atoms with van der Waals surface area (Å²) in [7, 11) is 3.49. The standard InChI is InChI=1S/C16H26N2O3/c1-19-15-11-18(12-16(15)20-2)7-4-8-21-14-6-3-5-13(9-14)10-17/h3,5-6,9,15-16H,4,7-8,10-12,17H2,1-2H3. The summed E-state index contributed by atoms with van der Waals surface area (Å²) < 4.78 is 16.6. The van der Waals surface area contributed by atoms with Gasteiger partial charge in [-0.1, -0.05) is 12.1 Å². The molecule has 118 valence electrons. The predicted molar refractivity (Wildman–Crippen MR) is 82.5 cm³/mol. The van der Waals surface area contributed by atoms with Crippen LogP contribution in [0.4, 0.5) is 0 Å². The molecule has 1 fully saturated rings. The maximum absolute atomic E-state index is 5.77. The van der Waals surface area contributed by atoms with Crippen molar-refractivity contribution in [2.75, 3.05) is 40.5 Å². The third kappa shape index (κ3) is 4.68. The summed E-state index contributed by atoms with van der Waals surface area (Å²) in [5.74, 6) is 0.893. The van der Waals surface area contributed by atoms with Crippen LogP contribution < -0.4 is 10.5 Å². The van der Waals surface area contributed by atoms with Crippen molar-refractivity contribution >= 4 is 0 Å². The Kier molecular flexibility index (Phi) is 6.45. The lowest BCUT2D eigenvalue weighted by Crippen LogP contribution is -2.27. The molecule has 2 atom stereocenters. The van der Waals surface area contributed by atoms with E-state index in [0.29, 0.717) is 13.2 Å². The maximum Gasteiger partial charge on any atom is 0.119 e. The summed E-state index contributed by atoms with van der Waals surface area (Å²) in [6.45, 7) is 4.10. The predicted octanol–water partition coefficient (Wildman–Crippen LogP) is 1.26. The highest BCUT2D eigenvalue weighted by molar-refractivity contribution is 5.28. The van der Waals surface area contributed by atoms with Gasteiger partial charge in [-0.15, -0.1) is 0 Å². The number of nitrogens with zero attached hydrogens (tertiary/aromatic N) is 1. The van der Waals surface area contributed by atoms with Crippen molar-refractivity contribution in [2.24, 2.45) is 5.73 Å². The maximum atomic E-state index is 5.77. The average molecular weight is 294 g/mol. The van der Waals surface area contributed by atoms with E-state index in [1.165, 1.54) is 0 Å². The van der Waals surface area contributed by atoms with Crippen LogP contribution in [0, 0.1) is 0 Å². The van der Waals surface area contributed by atoms with E-state index in [4.69, 9.17) is 19.9 Å². The van der Waals surface area contributed by atoms with Crippen molar-refractivity contribution < 1.29 is 14.2 Å². The van der Waals surface area contributed by atoms with Crippen LogP contribution in [0.5, 0.6) is 5.75 Å². The number of hydrogen-bond acceptors (Lipinski definition) is 5. The Labute approximate surface area is 127 Å². The lowest BCUT2D eigenvalue weighted by atomic mass is 10.2. The first-order chi connectivity index (χ1) is 10.3. The monoisotopic (exact) mass is 294 g/mol. The molecule has 0 saturated carbocycles. The molecule has 1 saturated heterocycles. The molecule has 0 aliphatic carbocycles. The second-order valence-corrected chi connectivity index (χ2v) is 5.36. The molecule has 1 aliphatic heterocycles. The first kappa shape index (κ1) is 16.2. The van der Waals surface area contributed by atoms with Gasteiger partial charge < -0.3 is 19.9 Å². The third-order valence-corrected chi connectivity index (χ3v) is 3.92. The molecule has 5 nitrogen and oxygen atoms in total. The van der Waals surface area contributed by atoms with E-state index in [-0.39, 0.29) is 12.2 Å². The number of hydrogen-bond donors (Lipinski definition) is 1. The van der Waals surface area contributed by atoms with Gasteiger partial charge in [-0.2, -0.15) is 0 Å². The van der Waals surface area contributed by atoms with E-state index in [1.54, 1.807) is 14.2 Å². The number of methoxy groups -OCH3 is 2. The number of benzene rings is 1. The summed E-state index contributed by atoms with van der Waals surface area (Å²) in [5, 5.41) is 0. The van der Waals surface area contributed by atoms with E-state index in [2.05, 4.69) is 4.90 Å². The van der Waals surface area contributed by atoms with Crippen molar-refractivity contribution in [1.29, 1.82) is 0 Å². The molecule has 1 aromatic carbocycles. The molecule has 1 aliphatic rings. The number of ether oxygens (including phenoxy) is 3. The van der Waals surface area contributed by atoms with Crippen LogP contribution in [0.3, 0.4) is 0 Å². The van der Waals surface area contributed by atoms with Gasteiger partial charge in [0.05, 0.1) is 18.8 Å². The fourth-order valence-corrected chi connectivity index (χ4v) is 2.69. The fraction of sp³-hybridized carbons (Fsp3) is 0.625. The van der Waals surface area contributed by atoms with Gasteiger partial charge in [0.25, 0.3) is 0 Å². The molecular weight excluding hydrogens is 268 g/mol. The van der Waals surface area contributed by atoms with E-state index in [0.717, 1.165) is 37.4 Å². The average Bonchev–Trinajstić information content (AvgIpc) is 2.94. The first-order valence-electron chi connectivity index (χ1n) is 7.46. The van der Waals surface area contributed by atoms with Gasteiger partial charge in [0.2, 0.25) is 0 Å². The highest BCUT2D eigenvalue weighted by Crippen LogP contribution is 2.16. The minimum atomic E-state index is 0.178. The molecule has 2 unspecified atom stereocenters. The zero-order valence-electron chi connectivity index (χ0n) is 13.0. The van der Waals surface area contributed by atoms with Gasteiger partial charge in [-0.25, -0.2) is 0 Å². The molecule has 0 spiro atoms. The van der Waals surface area contributed by atoms with Crippen molar-refractivity contribution in [3.8, 4) is 5.75 Å². The van der Waals surface area contributed by atoms with Gasteiger partial charge in [0, 0.05) is 40.4 Å².